The van der Waals surface area contributed by atoms with Crippen LogP contribution < -0.4 is 5.32 Å². The molecule has 0 saturated heterocycles. The summed E-state index contributed by atoms with van der Waals surface area (Å²) in [7, 11) is 2.24. The molecule has 1 unspecified atom stereocenters. The van der Waals surface area contributed by atoms with Crippen LogP contribution in [0.4, 0.5) is 0 Å². The molecule has 0 bridgehead atoms. The number of hydrogen-bond donors (Lipinski definition) is 1. The Balaban J connectivity index is 1.87. The Morgan fingerprint density at radius 3 is 2.44 bits per heavy atom. The van der Waals surface area contributed by atoms with Gasteiger partial charge in [0.25, 0.3) is 0 Å². The second-order valence-electron chi connectivity index (χ2n) is 5.89. The SMILES string of the molecule is CC(C)C(CNC1CC1)N(C)Cc1ccccc1. The molecule has 100 valence electrons. The highest BCUT2D eigenvalue weighted by molar-refractivity contribution is 5.14. The van der Waals surface area contributed by atoms with E-state index < -0.39 is 0 Å². The van der Waals surface area contributed by atoms with E-state index in [0.29, 0.717) is 12.0 Å². The lowest BCUT2D eigenvalue weighted by Gasteiger charge is -2.31. The fourth-order valence-corrected chi connectivity index (χ4v) is 2.46. The van der Waals surface area contributed by atoms with E-state index in [1.165, 1.54) is 18.4 Å². The standard InChI is InChI=1S/C16H26N2/c1-13(2)16(11-17-15-9-10-15)18(3)12-14-7-5-4-6-8-14/h4-8,13,15-17H,9-12H2,1-3H3. The van der Waals surface area contributed by atoms with Crippen molar-refractivity contribution < 1.29 is 0 Å². The normalized spacial score (nSPS) is 17.4. The molecule has 0 spiro atoms. The minimum Gasteiger partial charge on any atom is -0.312 e. The number of likely N-dealkylation sites (N-methyl/N-ethyl adjacent to an activating group) is 1. The summed E-state index contributed by atoms with van der Waals surface area (Å²) in [6.45, 7) is 6.79. The first-order chi connectivity index (χ1) is 8.66. The quantitative estimate of drug-likeness (QED) is 0.796. The summed E-state index contributed by atoms with van der Waals surface area (Å²) in [5, 5.41) is 3.66. The number of nitrogens with one attached hydrogen (secondary N) is 1. The monoisotopic (exact) mass is 246 g/mol. The average Bonchev–Trinajstić information content (AvgIpc) is 3.14. The number of benzene rings is 1. The summed E-state index contributed by atoms with van der Waals surface area (Å²) in [4.78, 5) is 2.48. The van der Waals surface area contributed by atoms with Crippen LogP contribution in [0.2, 0.25) is 0 Å². The fourth-order valence-electron chi connectivity index (χ4n) is 2.46. The zero-order chi connectivity index (χ0) is 13.0. The Morgan fingerprint density at radius 1 is 1.22 bits per heavy atom. The minimum atomic E-state index is 0.616. The topological polar surface area (TPSA) is 15.3 Å². The molecule has 1 aliphatic carbocycles. The van der Waals surface area contributed by atoms with Crippen LogP contribution in [-0.2, 0) is 6.54 Å². The van der Waals surface area contributed by atoms with Gasteiger partial charge in [0, 0.05) is 25.2 Å². The Morgan fingerprint density at radius 2 is 1.89 bits per heavy atom. The number of nitrogens with zero attached hydrogens (tertiary/aromatic N) is 1. The molecule has 0 amide bonds. The van der Waals surface area contributed by atoms with Gasteiger partial charge in [0.05, 0.1) is 0 Å². The zero-order valence-corrected chi connectivity index (χ0v) is 11.9. The summed E-state index contributed by atoms with van der Waals surface area (Å²) >= 11 is 0. The molecule has 18 heavy (non-hydrogen) atoms. The molecule has 0 aromatic heterocycles. The molecule has 0 heterocycles. The van der Waals surface area contributed by atoms with Crippen LogP contribution in [0.3, 0.4) is 0 Å². The van der Waals surface area contributed by atoms with E-state index >= 15 is 0 Å². The molecule has 1 atom stereocenters. The van der Waals surface area contributed by atoms with Gasteiger partial charge in [0.2, 0.25) is 0 Å². The van der Waals surface area contributed by atoms with Crippen molar-refractivity contribution in [1.82, 2.24) is 10.2 Å². The van der Waals surface area contributed by atoms with E-state index in [0.717, 1.165) is 19.1 Å². The van der Waals surface area contributed by atoms with Crippen LogP contribution in [0.15, 0.2) is 30.3 Å². The van der Waals surface area contributed by atoms with Crippen LogP contribution in [0.25, 0.3) is 0 Å². The molecule has 1 N–H and O–H groups in total. The lowest BCUT2D eigenvalue weighted by Crippen LogP contribution is -2.43. The van der Waals surface area contributed by atoms with Crippen molar-refractivity contribution in [2.24, 2.45) is 5.92 Å². The molecule has 1 aliphatic rings. The van der Waals surface area contributed by atoms with Crippen LogP contribution in [0, 0.1) is 5.92 Å². The predicted octanol–water partition coefficient (Wildman–Crippen LogP) is 2.90. The fraction of sp³-hybridized carbons (Fsp3) is 0.625. The molecular weight excluding hydrogens is 220 g/mol. The van der Waals surface area contributed by atoms with E-state index in [2.05, 4.69) is 61.4 Å². The van der Waals surface area contributed by atoms with Crippen molar-refractivity contribution in [2.45, 2.75) is 45.3 Å². The summed E-state index contributed by atoms with van der Waals surface area (Å²) in [5.41, 5.74) is 1.40. The second kappa shape index (κ2) is 6.35. The third-order valence-electron chi connectivity index (χ3n) is 3.80. The van der Waals surface area contributed by atoms with Gasteiger partial charge in [-0.2, -0.15) is 0 Å². The number of rotatable bonds is 7. The minimum absolute atomic E-state index is 0.616. The molecule has 1 aromatic carbocycles. The molecular formula is C16H26N2. The highest BCUT2D eigenvalue weighted by Gasteiger charge is 2.24. The smallest absolute Gasteiger partial charge is 0.0244 e. The maximum Gasteiger partial charge on any atom is 0.0244 e. The molecule has 2 nitrogen and oxygen atoms in total. The van der Waals surface area contributed by atoms with Crippen LogP contribution in [-0.4, -0.2) is 30.6 Å². The number of hydrogen-bond acceptors (Lipinski definition) is 2. The van der Waals surface area contributed by atoms with E-state index in [1.54, 1.807) is 0 Å². The highest BCUT2D eigenvalue weighted by atomic mass is 15.2. The lowest BCUT2D eigenvalue weighted by atomic mass is 10.0. The molecule has 0 aliphatic heterocycles. The van der Waals surface area contributed by atoms with Crippen molar-refractivity contribution in [3.63, 3.8) is 0 Å². The summed E-state index contributed by atoms with van der Waals surface area (Å²) < 4.78 is 0. The van der Waals surface area contributed by atoms with Crippen LogP contribution in [0.5, 0.6) is 0 Å². The van der Waals surface area contributed by atoms with Gasteiger partial charge in [-0.25, -0.2) is 0 Å². The van der Waals surface area contributed by atoms with E-state index in [4.69, 9.17) is 0 Å². The van der Waals surface area contributed by atoms with Crippen molar-refractivity contribution in [2.75, 3.05) is 13.6 Å². The molecule has 1 aromatic rings. The van der Waals surface area contributed by atoms with Gasteiger partial charge < -0.3 is 5.32 Å². The molecule has 1 fully saturated rings. The third kappa shape index (κ3) is 4.11. The van der Waals surface area contributed by atoms with Gasteiger partial charge in [-0.1, -0.05) is 44.2 Å². The van der Waals surface area contributed by atoms with Gasteiger partial charge in [0.1, 0.15) is 0 Å². The summed E-state index contributed by atoms with van der Waals surface area (Å²) in [6, 6.07) is 12.2. The van der Waals surface area contributed by atoms with E-state index in [1.807, 2.05) is 0 Å². The largest absolute Gasteiger partial charge is 0.312 e. The van der Waals surface area contributed by atoms with Crippen molar-refractivity contribution >= 4 is 0 Å². The van der Waals surface area contributed by atoms with Gasteiger partial charge in [-0.3, -0.25) is 4.90 Å². The van der Waals surface area contributed by atoms with Crippen LogP contribution in [0.1, 0.15) is 32.3 Å². The Labute approximate surface area is 111 Å². The second-order valence-corrected chi connectivity index (χ2v) is 5.89. The van der Waals surface area contributed by atoms with Gasteiger partial charge >= 0.3 is 0 Å². The molecule has 1 saturated carbocycles. The highest BCUT2D eigenvalue weighted by Crippen LogP contribution is 2.20. The molecule has 2 rings (SSSR count). The average molecular weight is 246 g/mol. The van der Waals surface area contributed by atoms with Gasteiger partial charge in [0.15, 0.2) is 0 Å². The molecule has 0 radical (unpaired) electrons. The summed E-state index contributed by atoms with van der Waals surface area (Å²) in [6.07, 6.45) is 2.74. The van der Waals surface area contributed by atoms with Crippen LogP contribution >= 0.6 is 0 Å². The maximum absolute atomic E-state index is 3.66. The Bertz CT molecular complexity index is 343. The first kappa shape index (κ1) is 13.6. The summed E-state index contributed by atoms with van der Waals surface area (Å²) in [5.74, 6) is 0.685. The Kier molecular flexibility index (Phi) is 4.79. The first-order valence-electron chi connectivity index (χ1n) is 7.14. The zero-order valence-electron chi connectivity index (χ0n) is 11.9. The van der Waals surface area contributed by atoms with Crippen molar-refractivity contribution in [3.05, 3.63) is 35.9 Å². The lowest BCUT2D eigenvalue weighted by molar-refractivity contribution is 0.179. The van der Waals surface area contributed by atoms with Crippen molar-refractivity contribution in [3.8, 4) is 0 Å². The van der Waals surface area contributed by atoms with E-state index in [9.17, 15) is 0 Å². The third-order valence-corrected chi connectivity index (χ3v) is 3.80. The Hall–Kier alpha value is -0.860. The first-order valence-corrected chi connectivity index (χ1v) is 7.14. The molecule has 2 heteroatoms. The van der Waals surface area contributed by atoms with Gasteiger partial charge in [-0.05, 0) is 31.4 Å². The predicted molar refractivity (Wildman–Crippen MR) is 77.6 cm³/mol. The van der Waals surface area contributed by atoms with E-state index in [-0.39, 0.29) is 0 Å². The maximum atomic E-state index is 3.66. The van der Waals surface area contributed by atoms with Gasteiger partial charge in [-0.15, -0.1) is 0 Å². The van der Waals surface area contributed by atoms with Crippen molar-refractivity contribution in [1.29, 1.82) is 0 Å².